The van der Waals surface area contributed by atoms with Gasteiger partial charge in [-0.2, -0.15) is 0 Å². The average molecular weight is 212 g/mol. The van der Waals surface area contributed by atoms with E-state index in [4.69, 9.17) is 12.7 Å². The van der Waals surface area contributed by atoms with Crippen LogP contribution >= 0.6 is 10.3 Å². The van der Waals surface area contributed by atoms with E-state index in [1.165, 1.54) is 0 Å². The third kappa shape index (κ3) is 4.74. The van der Waals surface area contributed by atoms with Crippen LogP contribution < -0.4 is 0 Å². The van der Waals surface area contributed by atoms with Crippen molar-refractivity contribution in [2.75, 3.05) is 0 Å². The van der Waals surface area contributed by atoms with Crippen LogP contribution in [-0.2, 0) is 0 Å². The van der Waals surface area contributed by atoms with Crippen LogP contribution in [0.5, 0.6) is 0 Å². The maximum atomic E-state index is 9.94. The zero-order valence-corrected chi connectivity index (χ0v) is 10.1. The minimum Gasteiger partial charge on any atom is -0.347 e. The Hall–Kier alpha value is -0.390. The molecule has 2 heteroatoms. The maximum absolute atomic E-state index is 9.94. The van der Waals surface area contributed by atoms with Crippen LogP contribution in [0.15, 0.2) is 11.5 Å². The topological polar surface area (TPSA) is 20.2 Å². The van der Waals surface area contributed by atoms with Gasteiger partial charge >= 0.3 is 0 Å². The van der Waals surface area contributed by atoms with E-state index in [1.807, 2.05) is 26.8 Å². The molecule has 0 saturated heterocycles. The molecule has 0 aliphatic heterocycles. The van der Waals surface area contributed by atoms with E-state index in [-0.39, 0.29) is 4.75 Å². The minimum absolute atomic E-state index is 0.268. The van der Waals surface area contributed by atoms with E-state index in [1.54, 1.807) is 5.41 Å². The van der Waals surface area contributed by atoms with Crippen LogP contribution in [0, 0.1) is 18.6 Å². The molecule has 1 unspecified atom stereocenters. The summed E-state index contributed by atoms with van der Waals surface area (Å²) in [6.45, 7) is 5.82. The third-order valence-electron chi connectivity index (χ3n) is 1.98. The molecule has 0 bridgehead atoms. The van der Waals surface area contributed by atoms with E-state index in [0.29, 0.717) is 0 Å². The summed E-state index contributed by atoms with van der Waals surface area (Å²) in [5, 5.41) is 1.74. The third-order valence-corrected chi connectivity index (χ3v) is 4.55. The SMILES string of the molecule is [CH]S(O)(/C=C/CCCC#C)C(C)(C)C. The smallest absolute Gasteiger partial charge is 0.0420 e. The largest absolute Gasteiger partial charge is 0.347 e. The van der Waals surface area contributed by atoms with Gasteiger partial charge in [0.25, 0.3) is 0 Å². The maximum Gasteiger partial charge on any atom is 0.0420 e. The zero-order valence-electron chi connectivity index (χ0n) is 9.29. The van der Waals surface area contributed by atoms with Gasteiger partial charge in [0.2, 0.25) is 0 Å². The molecule has 0 aromatic rings. The van der Waals surface area contributed by atoms with Crippen LogP contribution in [0.2, 0.25) is 0 Å². The molecule has 0 amide bonds. The highest BCUT2D eigenvalue weighted by molar-refractivity contribution is 8.33. The Morgan fingerprint density at radius 2 is 2.00 bits per heavy atom. The molecule has 2 radical (unpaired) electrons. The molecule has 1 N–H and O–H groups in total. The predicted octanol–water partition coefficient (Wildman–Crippen LogP) is 4.05. The Labute approximate surface area is 90.1 Å². The van der Waals surface area contributed by atoms with E-state index >= 15 is 0 Å². The zero-order chi connectivity index (χ0) is 11.2. The molecule has 80 valence electrons. The van der Waals surface area contributed by atoms with E-state index in [9.17, 15) is 4.55 Å². The number of allylic oxidation sites excluding steroid dienone is 1. The second-order valence-corrected chi connectivity index (χ2v) is 7.10. The van der Waals surface area contributed by atoms with Crippen molar-refractivity contribution >= 4 is 10.3 Å². The first-order chi connectivity index (χ1) is 6.31. The van der Waals surface area contributed by atoms with Gasteiger partial charge in [0.05, 0.1) is 0 Å². The summed E-state index contributed by atoms with van der Waals surface area (Å²) in [5.74, 6) is 2.57. The summed E-state index contributed by atoms with van der Waals surface area (Å²) in [4.78, 5) is 0. The standard InChI is InChI=1S/C12H20OS/c1-6-7-8-9-10-11-14(5,13)12(2,3)4/h1,5,10-11,13H,7-9H2,2-4H3/b11-10+. The second-order valence-electron chi connectivity index (χ2n) is 4.25. The summed E-state index contributed by atoms with van der Waals surface area (Å²) in [6, 6.07) is 0. The van der Waals surface area contributed by atoms with E-state index in [2.05, 4.69) is 5.92 Å². The lowest BCUT2D eigenvalue weighted by Crippen LogP contribution is -2.20. The molecule has 0 aromatic heterocycles. The first-order valence-electron chi connectivity index (χ1n) is 4.74. The fraction of sp³-hybridized carbons (Fsp3) is 0.583. The molecule has 1 nitrogen and oxygen atoms in total. The number of hydrogen-bond acceptors (Lipinski definition) is 1. The van der Waals surface area contributed by atoms with Gasteiger partial charge in [-0.3, -0.25) is 0 Å². The molecular formula is C12H20OS. The van der Waals surface area contributed by atoms with Crippen molar-refractivity contribution in [2.45, 2.75) is 44.8 Å². The number of hydrogen-bond donors (Lipinski definition) is 1. The molecule has 0 aliphatic carbocycles. The lowest BCUT2D eigenvalue weighted by Gasteiger charge is -2.39. The van der Waals surface area contributed by atoms with Crippen molar-refractivity contribution < 1.29 is 4.55 Å². The highest BCUT2D eigenvalue weighted by atomic mass is 32.3. The highest BCUT2D eigenvalue weighted by Crippen LogP contribution is 2.55. The van der Waals surface area contributed by atoms with Crippen LogP contribution in [0.4, 0.5) is 0 Å². The molecule has 0 aromatic carbocycles. The van der Waals surface area contributed by atoms with Gasteiger partial charge in [-0.15, -0.1) is 22.7 Å². The van der Waals surface area contributed by atoms with E-state index < -0.39 is 10.3 Å². The lowest BCUT2D eigenvalue weighted by atomic mass is 10.2. The van der Waals surface area contributed by atoms with Gasteiger partial charge in [-0.1, -0.05) is 26.8 Å². The van der Waals surface area contributed by atoms with Crippen molar-refractivity contribution in [1.82, 2.24) is 0 Å². The summed E-state index contributed by atoms with van der Waals surface area (Å²) < 4.78 is 9.67. The molecule has 0 heterocycles. The number of terminal acetylenes is 1. The quantitative estimate of drug-likeness (QED) is 0.550. The van der Waals surface area contributed by atoms with Gasteiger partial charge in [0, 0.05) is 17.4 Å². The molecule has 0 fully saturated rings. The lowest BCUT2D eigenvalue weighted by molar-refractivity contribution is 0.599. The van der Waals surface area contributed by atoms with Crippen molar-refractivity contribution in [3.05, 3.63) is 17.7 Å². The Balaban J connectivity index is 4.04. The van der Waals surface area contributed by atoms with Crippen LogP contribution in [-0.4, -0.2) is 9.30 Å². The number of rotatable bonds is 4. The van der Waals surface area contributed by atoms with Gasteiger partial charge in [-0.25, -0.2) is 0 Å². The summed E-state index contributed by atoms with van der Waals surface area (Å²) in [6.07, 6.45) is 15.5. The van der Waals surface area contributed by atoms with Crippen molar-refractivity contribution in [3.63, 3.8) is 0 Å². The normalized spacial score (nSPS) is 18.9. The molecule has 1 atom stereocenters. The fourth-order valence-corrected chi connectivity index (χ4v) is 1.58. The summed E-state index contributed by atoms with van der Waals surface area (Å²) >= 11 is 0. The second kappa shape index (κ2) is 5.48. The Morgan fingerprint density at radius 1 is 1.43 bits per heavy atom. The molecular weight excluding hydrogens is 192 g/mol. The van der Waals surface area contributed by atoms with Crippen LogP contribution in [0.25, 0.3) is 0 Å². The first-order valence-corrected chi connectivity index (χ1v) is 6.46. The van der Waals surface area contributed by atoms with Gasteiger partial charge in [0.15, 0.2) is 0 Å². The molecule has 14 heavy (non-hydrogen) atoms. The summed E-state index contributed by atoms with van der Waals surface area (Å²) in [5.41, 5.74) is 0. The van der Waals surface area contributed by atoms with E-state index in [0.717, 1.165) is 19.3 Å². The van der Waals surface area contributed by atoms with Gasteiger partial charge in [0.1, 0.15) is 0 Å². The van der Waals surface area contributed by atoms with Crippen molar-refractivity contribution in [3.8, 4) is 12.3 Å². The number of unbranched alkanes of at least 4 members (excludes halogenated alkanes) is 2. The molecule has 0 saturated carbocycles. The first kappa shape index (κ1) is 13.6. The van der Waals surface area contributed by atoms with Crippen LogP contribution in [0.3, 0.4) is 0 Å². The Bertz CT molecular complexity index is 228. The molecule has 0 aliphatic rings. The van der Waals surface area contributed by atoms with Gasteiger partial charge < -0.3 is 4.55 Å². The average Bonchev–Trinajstić information content (AvgIpc) is 2.02. The molecule has 0 rings (SSSR count). The Kier molecular flexibility index (Phi) is 5.33. The van der Waals surface area contributed by atoms with Crippen LogP contribution in [0.1, 0.15) is 40.0 Å². The molecule has 0 spiro atoms. The Morgan fingerprint density at radius 3 is 2.43 bits per heavy atom. The fourth-order valence-electron chi connectivity index (χ4n) is 0.741. The monoisotopic (exact) mass is 212 g/mol. The van der Waals surface area contributed by atoms with Gasteiger partial charge in [-0.05, 0) is 18.2 Å². The van der Waals surface area contributed by atoms with Crippen molar-refractivity contribution in [2.24, 2.45) is 0 Å². The summed E-state index contributed by atoms with van der Waals surface area (Å²) in [7, 11) is -2.12. The minimum atomic E-state index is -2.12. The van der Waals surface area contributed by atoms with Crippen molar-refractivity contribution in [1.29, 1.82) is 0 Å². The predicted molar refractivity (Wildman–Crippen MR) is 66.1 cm³/mol. The highest BCUT2D eigenvalue weighted by Gasteiger charge is 2.27.